The second-order valence-electron chi connectivity index (χ2n) is 12.9. The van der Waals surface area contributed by atoms with Gasteiger partial charge in [-0.3, -0.25) is 9.69 Å². The number of hydrogen-bond acceptors (Lipinski definition) is 5. The van der Waals surface area contributed by atoms with Crippen molar-refractivity contribution in [3.63, 3.8) is 0 Å². The Kier molecular flexibility index (Phi) is 9.70. The number of nitrogens with one attached hydrogen (secondary N) is 1. The van der Waals surface area contributed by atoms with Crippen LogP contribution in [-0.4, -0.2) is 91.5 Å². The Labute approximate surface area is 267 Å². The van der Waals surface area contributed by atoms with Gasteiger partial charge in [0.2, 0.25) is 5.96 Å². The molecule has 0 bridgehead atoms. The van der Waals surface area contributed by atoms with E-state index in [0.717, 1.165) is 79.6 Å². The molecule has 1 saturated carbocycles. The number of amides is 1. The lowest BCUT2D eigenvalue weighted by atomic mass is 9.84. The van der Waals surface area contributed by atoms with E-state index in [9.17, 15) is 13.2 Å². The van der Waals surface area contributed by atoms with Gasteiger partial charge in [0, 0.05) is 68.4 Å². The third kappa shape index (κ3) is 7.49. The predicted octanol–water partition coefficient (Wildman–Crippen LogP) is 5.13. The molecule has 6 rings (SSSR count). The van der Waals surface area contributed by atoms with Crippen molar-refractivity contribution in [3.05, 3.63) is 65.7 Å². The summed E-state index contributed by atoms with van der Waals surface area (Å²) in [7, 11) is -3.52. The number of carbonyl (C=O) groups excluding carboxylic acids is 1. The van der Waals surface area contributed by atoms with Gasteiger partial charge in [-0.2, -0.15) is 0 Å². The number of sulfonamides is 1. The van der Waals surface area contributed by atoms with Crippen molar-refractivity contribution in [2.45, 2.75) is 64.5 Å². The fourth-order valence-corrected chi connectivity index (χ4v) is 7.77. The molecule has 0 spiro atoms. The van der Waals surface area contributed by atoms with Crippen LogP contribution in [0.3, 0.4) is 0 Å². The van der Waals surface area contributed by atoms with E-state index in [4.69, 9.17) is 4.98 Å². The average molecular weight is 631 g/mol. The van der Waals surface area contributed by atoms with Gasteiger partial charge >= 0.3 is 0 Å². The highest BCUT2D eigenvalue weighted by Gasteiger charge is 2.30. The van der Waals surface area contributed by atoms with E-state index < -0.39 is 10.0 Å². The molecule has 1 atom stereocenters. The van der Waals surface area contributed by atoms with Crippen LogP contribution in [0.4, 0.5) is 0 Å². The lowest BCUT2D eigenvalue weighted by Gasteiger charge is -2.39. The van der Waals surface area contributed by atoms with Crippen LogP contribution in [0.15, 0.2) is 59.0 Å². The zero-order valence-electron chi connectivity index (χ0n) is 26.6. The first kappa shape index (κ1) is 31.5. The largest absolute Gasteiger partial charge is 0.349 e. The van der Waals surface area contributed by atoms with Gasteiger partial charge in [0.25, 0.3) is 15.9 Å². The number of aromatic nitrogens is 1. The maximum absolute atomic E-state index is 14.3. The molecule has 10 heteroatoms. The summed E-state index contributed by atoms with van der Waals surface area (Å²) in [5, 5.41) is 4.29. The molecule has 45 heavy (non-hydrogen) atoms. The normalized spacial score (nSPS) is 19.6. The van der Waals surface area contributed by atoms with Gasteiger partial charge in [-0.15, -0.1) is 4.40 Å². The number of fused-ring (bicyclic) bond motifs is 1. The van der Waals surface area contributed by atoms with Crippen molar-refractivity contribution in [1.29, 1.82) is 0 Å². The van der Waals surface area contributed by atoms with Crippen LogP contribution < -0.4 is 5.32 Å². The highest BCUT2D eigenvalue weighted by atomic mass is 32.2. The van der Waals surface area contributed by atoms with E-state index in [-0.39, 0.29) is 11.9 Å². The fraction of sp³-hybridized carbons (Fsp3) is 0.514. The molecule has 3 aromatic rings. The summed E-state index contributed by atoms with van der Waals surface area (Å²) in [6.07, 6.45) is 9.32. The minimum Gasteiger partial charge on any atom is -0.349 e. The molecule has 3 heterocycles. The Morgan fingerprint density at radius 2 is 1.53 bits per heavy atom. The summed E-state index contributed by atoms with van der Waals surface area (Å²) < 4.78 is 28.6. The second-order valence-corrected chi connectivity index (χ2v) is 14.6. The quantitative estimate of drug-likeness (QED) is 0.286. The summed E-state index contributed by atoms with van der Waals surface area (Å²) in [6, 6.07) is 18.2. The van der Waals surface area contributed by atoms with Crippen LogP contribution >= 0.6 is 0 Å². The van der Waals surface area contributed by atoms with E-state index in [1.165, 1.54) is 25.5 Å². The van der Waals surface area contributed by atoms with Gasteiger partial charge in [0.1, 0.15) is 0 Å². The van der Waals surface area contributed by atoms with Crippen molar-refractivity contribution < 1.29 is 13.2 Å². The number of carbonyl (C=O) groups is 1. The molecule has 2 aliphatic heterocycles. The van der Waals surface area contributed by atoms with E-state index in [1.54, 1.807) is 0 Å². The number of hydrogen-bond donors (Lipinski definition) is 1. The summed E-state index contributed by atoms with van der Waals surface area (Å²) >= 11 is 0. The van der Waals surface area contributed by atoms with E-state index >= 15 is 0 Å². The Morgan fingerprint density at radius 1 is 0.889 bits per heavy atom. The summed E-state index contributed by atoms with van der Waals surface area (Å²) in [4.78, 5) is 26.1. The summed E-state index contributed by atoms with van der Waals surface area (Å²) in [5.41, 5.74) is 4.28. The summed E-state index contributed by atoms with van der Waals surface area (Å²) in [6.45, 7) is 7.14. The fourth-order valence-electron chi connectivity index (χ4n) is 7.24. The number of benzene rings is 2. The molecule has 1 aromatic heterocycles. The summed E-state index contributed by atoms with van der Waals surface area (Å²) in [5.74, 6) is 1.04. The van der Waals surface area contributed by atoms with Crippen LogP contribution in [0.1, 0.15) is 67.8 Å². The number of para-hydroxylation sites is 1. The van der Waals surface area contributed by atoms with Crippen LogP contribution in [0.5, 0.6) is 0 Å². The number of guanidine groups is 1. The van der Waals surface area contributed by atoms with E-state index in [0.29, 0.717) is 37.1 Å². The minimum absolute atomic E-state index is 0.0332. The standard InChI is InChI=1S/C35H46N6O3S/c1-26(27-13-5-3-6-14-27)36-34(42)32-29-17-9-10-18-31(29)37-33(28-15-7-4-8-16-28)30(32)25-39-21-23-41(24-22-39)35(38-45(2,43)44)40-19-11-12-20-40/h4,7-10,15-18,26-27H,3,5-6,11-14,19-25H2,1-2H3,(H,36,42)/b38-35-/t26-/m0/s1. The molecule has 0 radical (unpaired) electrons. The first-order chi connectivity index (χ1) is 21.8. The van der Waals surface area contributed by atoms with Gasteiger partial charge in [0.15, 0.2) is 0 Å². The van der Waals surface area contributed by atoms with Crippen molar-refractivity contribution in [1.82, 2.24) is 25.0 Å². The van der Waals surface area contributed by atoms with Gasteiger partial charge in [-0.1, -0.05) is 67.8 Å². The molecule has 1 amide bonds. The minimum atomic E-state index is -3.52. The number of piperazine rings is 1. The van der Waals surface area contributed by atoms with Gasteiger partial charge in [0.05, 0.1) is 23.0 Å². The second kappa shape index (κ2) is 13.9. The molecular formula is C35H46N6O3S. The van der Waals surface area contributed by atoms with Crippen molar-refractivity contribution >= 4 is 32.8 Å². The van der Waals surface area contributed by atoms with Crippen molar-refractivity contribution in [3.8, 4) is 11.3 Å². The molecule has 9 nitrogen and oxygen atoms in total. The third-order valence-corrected chi connectivity index (χ3v) is 10.2. The molecule has 1 aliphatic carbocycles. The molecule has 1 N–H and O–H groups in total. The Hall–Kier alpha value is -3.50. The Bertz CT molecular complexity index is 1620. The Morgan fingerprint density at radius 3 is 2.22 bits per heavy atom. The molecule has 2 saturated heterocycles. The van der Waals surface area contributed by atoms with Crippen LogP contribution in [0.25, 0.3) is 22.2 Å². The highest BCUT2D eigenvalue weighted by molar-refractivity contribution is 7.89. The van der Waals surface area contributed by atoms with Gasteiger partial charge < -0.3 is 15.1 Å². The number of rotatable bonds is 7. The first-order valence-electron chi connectivity index (χ1n) is 16.6. The highest BCUT2D eigenvalue weighted by Crippen LogP contribution is 2.33. The first-order valence-corrected chi connectivity index (χ1v) is 18.4. The number of likely N-dealkylation sites (tertiary alicyclic amines) is 1. The number of pyridine rings is 1. The zero-order chi connectivity index (χ0) is 31.4. The van der Waals surface area contributed by atoms with Gasteiger partial charge in [-0.25, -0.2) is 13.4 Å². The third-order valence-electron chi connectivity index (χ3n) is 9.66. The van der Waals surface area contributed by atoms with E-state index in [1.807, 2.05) is 42.5 Å². The average Bonchev–Trinajstić information content (AvgIpc) is 3.59. The maximum Gasteiger partial charge on any atom is 0.253 e. The number of nitrogens with zero attached hydrogens (tertiary/aromatic N) is 5. The lowest BCUT2D eigenvalue weighted by Crippen LogP contribution is -2.53. The van der Waals surface area contributed by atoms with Crippen molar-refractivity contribution in [2.24, 2.45) is 10.3 Å². The molecular weight excluding hydrogens is 584 g/mol. The molecule has 3 aliphatic rings. The molecule has 3 fully saturated rings. The molecule has 240 valence electrons. The van der Waals surface area contributed by atoms with Crippen LogP contribution in [-0.2, 0) is 16.6 Å². The zero-order valence-corrected chi connectivity index (χ0v) is 27.4. The molecule has 0 unspecified atom stereocenters. The van der Waals surface area contributed by atoms with Crippen molar-refractivity contribution in [2.75, 3.05) is 45.5 Å². The lowest BCUT2D eigenvalue weighted by molar-refractivity contribution is 0.0918. The van der Waals surface area contributed by atoms with Crippen LogP contribution in [0, 0.1) is 5.92 Å². The van der Waals surface area contributed by atoms with Crippen LogP contribution in [0.2, 0.25) is 0 Å². The smallest absolute Gasteiger partial charge is 0.253 e. The monoisotopic (exact) mass is 630 g/mol. The predicted molar refractivity (Wildman–Crippen MR) is 181 cm³/mol. The van der Waals surface area contributed by atoms with E-state index in [2.05, 4.69) is 43.5 Å². The Balaban J connectivity index is 1.32. The SMILES string of the molecule is C[C@H](NC(=O)c1c(CN2CCN(/C(=N\S(C)(=O)=O)N3CCCC3)CC2)c(-c2ccccc2)nc2ccccc12)C1CCCCC1. The maximum atomic E-state index is 14.3. The molecule has 2 aromatic carbocycles. The van der Waals surface area contributed by atoms with Gasteiger partial charge in [-0.05, 0) is 44.6 Å². The topological polar surface area (TPSA) is 98.2 Å².